The fraction of sp³-hybridized carbons (Fsp3) is 0.115. The largest absolute Gasteiger partial charge is 0.458 e. The van der Waals surface area contributed by atoms with Crippen molar-refractivity contribution < 1.29 is 18.8 Å². The van der Waals surface area contributed by atoms with Gasteiger partial charge in [-0.05, 0) is 43.3 Å². The Hall–Kier alpha value is -4.04. The van der Waals surface area contributed by atoms with Crippen LogP contribution in [0.5, 0.6) is 0 Å². The fourth-order valence-corrected chi connectivity index (χ4v) is 5.47. The quantitative estimate of drug-likeness (QED) is 0.426. The maximum Gasteiger partial charge on any atom is 0.325 e. The lowest BCUT2D eigenvalue weighted by Gasteiger charge is -2.31. The second kappa shape index (κ2) is 7.50. The van der Waals surface area contributed by atoms with E-state index in [-0.39, 0.29) is 5.91 Å². The molecule has 2 aliphatic rings. The van der Waals surface area contributed by atoms with Crippen LogP contribution in [-0.4, -0.2) is 29.3 Å². The van der Waals surface area contributed by atoms with Gasteiger partial charge < -0.3 is 9.73 Å². The summed E-state index contributed by atoms with van der Waals surface area (Å²) in [4.78, 5) is 44.3. The van der Waals surface area contributed by atoms with Crippen molar-refractivity contribution in [3.63, 3.8) is 0 Å². The molecule has 1 fully saturated rings. The Bertz CT molecular complexity index is 1420. The average Bonchev–Trinajstić information content (AvgIpc) is 3.38. The van der Waals surface area contributed by atoms with Crippen LogP contribution in [0.4, 0.5) is 16.2 Å². The minimum Gasteiger partial charge on any atom is -0.458 e. The van der Waals surface area contributed by atoms with Crippen LogP contribution in [0.15, 0.2) is 93.1 Å². The SMILES string of the molecule is CC1(c2cc3ccccc3o2)NC(=O)N(CC(=O)N2c3ccccc3Sc3ccccc32)C1=O. The fourth-order valence-electron chi connectivity index (χ4n) is 4.42. The van der Waals surface area contributed by atoms with Crippen molar-refractivity contribution >= 4 is 52.0 Å². The molecular weight excluding hydrogens is 450 g/mol. The van der Waals surface area contributed by atoms with Gasteiger partial charge in [0, 0.05) is 15.2 Å². The summed E-state index contributed by atoms with van der Waals surface area (Å²) in [5.41, 5.74) is 0.671. The maximum atomic E-state index is 13.6. The number of para-hydroxylation sites is 3. The lowest BCUT2D eigenvalue weighted by molar-refractivity contribution is -0.134. The number of urea groups is 1. The van der Waals surface area contributed by atoms with E-state index in [4.69, 9.17) is 4.42 Å². The van der Waals surface area contributed by atoms with Gasteiger partial charge in [-0.15, -0.1) is 0 Å². The molecule has 0 bridgehead atoms. The standard InChI is InChI=1S/C26H19N3O4S/c1-26(22-14-16-8-2-5-11-19(16)33-22)24(31)28(25(32)27-26)15-23(30)29-17-9-3-6-12-20(17)34-21-13-7-4-10-18(21)29/h2-14H,15H2,1H3,(H,27,32). The summed E-state index contributed by atoms with van der Waals surface area (Å²) < 4.78 is 5.88. The second-order valence-corrected chi connectivity index (χ2v) is 9.45. The van der Waals surface area contributed by atoms with Gasteiger partial charge >= 0.3 is 6.03 Å². The first kappa shape index (κ1) is 20.6. The van der Waals surface area contributed by atoms with Gasteiger partial charge in [-0.2, -0.15) is 0 Å². The van der Waals surface area contributed by atoms with Crippen LogP contribution in [0, 0.1) is 0 Å². The highest BCUT2D eigenvalue weighted by Gasteiger charge is 2.52. The predicted molar refractivity (Wildman–Crippen MR) is 128 cm³/mol. The minimum atomic E-state index is -1.40. The zero-order valence-electron chi connectivity index (χ0n) is 18.1. The molecule has 34 heavy (non-hydrogen) atoms. The first-order valence-electron chi connectivity index (χ1n) is 10.8. The first-order valence-corrected chi connectivity index (χ1v) is 11.6. The van der Waals surface area contributed by atoms with Crippen LogP contribution in [0.3, 0.4) is 0 Å². The number of carbonyl (C=O) groups is 3. The molecule has 6 rings (SSSR count). The van der Waals surface area contributed by atoms with Gasteiger partial charge in [0.2, 0.25) is 0 Å². The van der Waals surface area contributed by atoms with Crippen LogP contribution >= 0.6 is 11.8 Å². The Balaban J connectivity index is 1.33. The molecule has 1 aromatic heterocycles. The lowest BCUT2D eigenvalue weighted by atomic mass is 9.99. The van der Waals surface area contributed by atoms with Crippen LogP contribution in [0.2, 0.25) is 0 Å². The van der Waals surface area contributed by atoms with Crippen LogP contribution < -0.4 is 10.2 Å². The van der Waals surface area contributed by atoms with Crippen molar-refractivity contribution in [2.45, 2.75) is 22.3 Å². The third kappa shape index (κ3) is 3.03. The molecule has 0 aliphatic carbocycles. The van der Waals surface area contributed by atoms with Crippen LogP contribution in [-0.2, 0) is 15.1 Å². The Morgan fingerprint density at radius 1 is 0.941 bits per heavy atom. The van der Waals surface area contributed by atoms with Crippen LogP contribution in [0.25, 0.3) is 11.0 Å². The van der Waals surface area contributed by atoms with E-state index < -0.39 is 24.0 Å². The van der Waals surface area contributed by atoms with E-state index >= 15 is 0 Å². The number of nitrogens with zero attached hydrogens (tertiary/aromatic N) is 2. The highest BCUT2D eigenvalue weighted by molar-refractivity contribution is 7.99. The van der Waals surface area contributed by atoms with E-state index in [0.29, 0.717) is 11.3 Å². The normalized spacial score (nSPS) is 19.2. The zero-order chi connectivity index (χ0) is 23.4. The topological polar surface area (TPSA) is 82.9 Å². The van der Waals surface area contributed by atoms with E-state index in [1.54, 1.807) is 35.7 Å². The molecule has 3 aromatic carbocycles. The summed E-state index contributed by atoms with van der Waals surface area (Å²) in [5, 5.41) is 3.55. The summed E-state index contributed by atoms with van der Waals surface area (Å²) in [7, 11) is 0. The van der Waals surface area contributed by atoms with Crippen molar-refractivity contribution in [2.24, 2.45) is 0 Å². The Kier molecular flexibility index (Phi) is 4.53. The molecule has 168 valence electrons. The Morgan fingerprint density at radius 2 is 1.56 bits per heavy atom. The molecular formula is C26H19N3O4S. The van der Waals surface area contributed by atoms with Gasteiger partial charge in [0.1, 0.15) is 17.9 Å². The highest BCUT2D eigenvalue weighted by atomic mass is 32.2. The van der Waals surface area contributed by atoms with Crippen LogP contribution in [0.1, 0.15) is 12.7 Å². The zero-order valence-corrected chi connectivity index (χ0v) is 19.0. The maximum absolute atomic E-state index is 13.6. The molecule has 1 atom stereocenters. The van der Waals surface area contributed by atoms with Crippen molar-refractivity contribution in [3.8, 4) is 0 Å². The summed E-state index contributed by atoms with van der Waals surface area (Å²) in [6.07, 6.45) is 0. The van der Waals surface area contributed by atoms with Crippen molar-refractivity contribution in [2.75, 3.05) is 11.4 Å². The van der Waals surface area contributed by atoms with E-state index in [0.717, 1.165) is 31.5 Å². The number of rotatable bonds is 3. The van der Waals surface area contributed by atoms with Gasteiger partial charge in [-0.1, -0.05) is 54.2 Å². The number of anilines is 2. The summed E-state index contributed by atoms with van der Waals surface area (Å²) in [6.45, 7) is 1.20. The lowest BCUT2D eigenvalue weighted by Crippen LogP contribution is -2.43. The van der Waals surface area contributed by atoms with Crippen molar-refractivity contribution in [1.29, 1.82) is 0 Å². The molecule has 0 saturated carbocycles. The van der Waals surface area contributed by atoms with E-state index in [9.17, 15) is 14.4 Å². The van der Waals surface area contributed by atoms with E-state index in [2.05, 4.69) is 5.32 Å². The summed E-state index contributed by atoms with van der Waals surface area (Å²) in [6, 6.07) is 23.7. The smallest absolute Gasteiger partial charge is 0.325 e. The third-order valence-corrected chi connectivity index (χ3v) is 7.30. The molecule has 0 radical (unpaired) electrons. The number of hydrogen-bond donors (Lipinski definition) is 1. The Labute approximate surface area is 199 Å². The number of imide groups is 1. The average molecular weight is 470 g/mol. The van der Waals surface area contributed by atoms with Gasteiger partial charge in [0.15, 0.2) is 5.54 Å². The summed E-state index contributed by atoms with van der Waals surface area (Å²) in [5.74, 6) is -0.581. The Morgan fingerprint density at radius 3 is 2.24 bits per heavy atom. The molecule has 1 N–H and O–H groups in total. The third-order valence-electron chi connectivity index (χ3n) is 6.17. The van der Waals surface area contributed by atoms with Gasteiger partial charge in [0.25, 0.3) is 11.8 Å². The van der Waals surface area contributed by atoms with Gasteiger partial charge in [0.05, 0.1) is 11.4 Å². The summed E-state index contributed by atoms with van der Waals surface area (Å²) >= 11 is 1.58. The molecule has 8 heteroatoms. The number of nitrogens with one attached hydrogen (secondary N) is 1. The first-order chi connectivity index (χ1) is 16.5. The second-order valence-electron chi connectivity index (χ2n) is 8.36. The number of furan rings is 1. The van der Waals surface area contributed by atoms with Gasteiger partial charge in [-0.25, -0.2) is 4.79 Å². The molecule has 2 aliphatic heterocycles. The molecule has 0 spiro atoms. The highest BCUT2D eigenvalue weighted by Crippen LogP contribution is 2.48. The number of fused-ring (bicyclic) bond motifs is 3. The van der Waals surface area contributed by atoms with Crippen molar-refractivity contribution in [3.05, 3.63) is 84.6 Å². The molecule has 1 unspecified atom stereocenters. The van der Waals surface area contributed by atoms with E-state index in [1.807, 2.05) is 66.7 Å². The van der Waals surface area contributed by atoms with E-state index in [1.165, 1.54) is 0 Å². The minimum absolute atomic E-state index is 0.326. The monoisotopic (exact) mass is 469 g/mol. The predicted octanol–water partition coefficient (Wildman–Crippen LogP) is 5.03. The molecule has 1 saturated heterocycles. The number of benzene rings is 3. The van der Waals surface area contributed by atoms with Crippen molar-refractivity contribution in [1.82, 2.24) is 10.2 Å². The molecule has 4 amide bonds. The molecule has 3 heterocycles. The molecule has 7 nitrogen and oxygen atoms in total. The number of carbonyl (C=O) groups excluding carboxylic acids is 3. The number of amides is 4. The number of hydrogen-bond acceptors (Lipinski definition) is 5. The molecule has 4 aromatic rings. The van der Waals surface area contributed by atoms with Gasteiger partial charge in [-0.3, -0.25) is 19.4 Å².